The Morgan fingerprint density at radius 2 is 2.27 bits per heavy atom. The summed E-state index contributed by atoms with van der Waals surface area (Å²) < 4.78 is 13.0. The van der Waals surface area contributed by atoms with Gasteiger partial charge >= 0.3 is 0 Å². The van der Waals surface area contributed by atoms with E-state index < -0.39 is 0 Å². The minimum absolute atomic E-state index is 0. The molecule has 1 aliphatic heterocycles. The minimum Gasteiger partial charge on any atom is -0.366 e. The molecule has 1 saturated heterocycles. The second kappa shape index (κ2) is 5.33. The van der Waals surface area contributed by atoms with Gasteiger partial charge < -0.3 is 10.2 Å². The Kier molecular flexibility index (Phi) is 4.36. The molecule has 15 heavy (non-hydrogen) atoms. The van der Waals surface area contributed by atoms with Crippen molar-refractivity contribution in [2.24, 2.45) is 0 Å². The average molecular weight is 231 g/mol. The van der Waals surface area contributed by atoms with Crippen molar-refractivity contribution in [3.8, 4) is 0 Å². The topological polar surface area (TPSA) is 15.3 Å². The molecule has 0 amide bonds. The number of halogens is 2. The molecule has 1 aromatic rings. The van der Waals surface area contributed by atoms with Crippen molar-refractivity contribution in [3.63, 3.8) is 0 Å². The first-order chi connectivity index (χ1) is 6.77. The van der Waals surface area contributed by atoms with Gasteiger partial charge in [-0.2, -0.15) is 0 Å². The molecule has 0 aromatic heterocycles. The molecule has 0 radical (unpaired) electrons. The van der Waals surface area contributed by atoms with Crippen molar-refractivity contribution in [1.82, 2.24) is 5.32 Å². The molecule has 0 bridgehead atoms. The fraction of sp³-hybridized carbons (Fsp3) is 0.455. The van der Waals surface area contributed by atoms with Gasteiger partial charge in [0.25, 0.3) is 0 Å². The number of piperazine rings is 1. The Hall–Kier alpha value is -0.800. The van der Waals surface area contributed by atoms with Crippen LogP contribution in [0.1, 0.15) is 6.92 Å². The first kappa shape index (κ1) is 12.3. The lowest BCUT2D eigenvalue weighted by atomic mass is 10.2. The van der Waals surface area contributed by atoms with Crippen molar-refractivity contribution in [3.05, 3.63) is 30.1 Å². The maximum Gasteiger partial charge on any atom is 0.125 e. The first-order valence-electron chi connectivity index (χ1n) is 5.00. The molecule has 1 N–H and O–H groups in total. The number of nitrogens with zero attached hydrogens (tertiary/aromatic N) is 1. The van der Waals surface area contributed by atoms with Gasteiger partial charge in [0.2, 0.25) is 0 Å². The van der Waals surface area contributed by atoms with Crippen LogP contribution in [0.25, 0.3) is 0 Å². The van der Waals surface area contributed by atoms with E-state index in [4.69, 9.17) is 0 Å². The van der Waals surface area contributed by atoms with E-state index in [1.807, 2.05) is 6.07 Å². The standard InChI is InChI=1S/C11H15FN2.ClH/c1-9-8-13-5-6-14(9)11-4-2-3-10(12)7-11;/h2-4,7,9,13H,5-6,8H2,1H3;1H/t9-;/m0./s1. The number of anilines is 1. The summed E-state index contributed by atoms with van der Waals surface area (Å²) in [5, 5.41) is 3.31. The smallest absolute Gasteiger partial charge is 0.125 e. The van der Waals surface area contributed by atoms with E-state index >= 15 is 0 Å². The van der Waals surface area contributed by atoms with Crippen LogP contribution in [0.5, 0.6) is 0 Å². The maximum atomic E-state index is 13.0. The fourth-order valence-corrected chi connectivity index (χ4v) is 1.88. The molecule has 2 nitrogen and oxygen atoms in total. The number of hydrogen-bond acceptors (Lipinski definition) is 2. The van der Waals surface area contributed by atoms with Gasteiger partial charge in [0.05, 0.1) is 0 Å². The van der Waals surface area contributed by atoms with Crippen LogP contribution in [-0.2, 0) is 0 Å². The summed E-state index contributed by atoms with van der Waals surface area (Å²) in [4.78, 5) is 2.24. The zero-order chi connectivity index (χ0) is 9.97. The Morgan fingerprint density at radius 1 is 1.47 bits per heavy atom. The van der Waals surface area contributed by atoms with E-state index in [9.17, 15) is 4.39 Å². The number of nitrogens with one attached hydrogen (secondary N) is 1. The van der Waals surface area contributed by atoms with Crippen LogP contribution in [0.3, 0.4) is 0 Å². The normalized spacial score (nSPS) is 20.9. The zero-order valence-electron chi connectivity index (χ0n) is 8.74. The number of rotatable bonds is 1. The van der Waals surface area contributed by atoms with Crippen LogP contribution in [0.4, 0.5) is 10.1 Å². The molecule has 1 atom stereocenters. The SMILES string of the molecule is C[C@H]1CNCCN1c1cccc(F)c1.Cl. The molecule has 84 valence electrons. The van der Waals surface area contributed by atoms with Crippen molar-refractivity contribution in [2.75, 3.05) is 24.5 Å². The van der Waals surface area contributed by atoms with Gasteiger partial charge in [0.15, 0.2) is 0 Å². The molecular formula is C11H16ClFN2. The highest BCUT2D eigenvalue weighted by molar-refractivity contribution is 5.85. The van der Waals surface area contributed by atoms with Crippen LogP contribution in [0.15, 0.2) is 24.3 Å². The van der Waals surface area contributed by atoms with Crippen molar-refractivity contribution in [2.45, 2.75) is 13.0 Å². The number of benzene rings is 1. The van der Waals surface area contributed by atoms with Crippen molar-refractivity contribution < 1.29 is 4.39 Å². The second-order valence-corrected chi connectivity index (χ2v) is 3.73. The van der Waals surface area contributed by atoms with Gasteiger partial charge in [0.1, 0.15) is 5.82 Å². The van der Waals surface area contributed by atoms with Gasteiger partial charge in [0, 0.05) is 31.4 Å². The summed E-state index contributed by atoms with van der Waals surface area (Å²) in [6.45, 7) is 5.04. The summed E-state index contributed by atoms with van der Waals surface area (Å²) in [6.07, 6.45) is 0. The molecule has 0 spiro atoms. The molecular weight excluding hydrogens is 215 g/mol. The summed E-state index contributed by atoms with van der Waals surface area (Å²) in [5.41, 5.74) is 0.985. The van der Waals surface area contributed by atoms with Crippen LogP contribution in [0, 0.1) is 5.82 Å². The maximum absolute atomic E-state index is 13.0. The average Bonchev–Trinajstić information content (AvgIpc) is 2.18. The Balaban J connectivity index is 0.00000112. The second-order valence-electron chi connectivity index (χ2n) is 3.73. The molecule has 4 heteroatoms. The molecule has 1 aromatic carbocycles. The third kappa shape index (κ3) is 2.83. The van der Waals surface area contributed by atoms with E-state index in [-0.39, 0.29) is 18.2 Å². The summed E-state index contributed by atoms with van der Waals surface area (Å²) in [6, 6.07) is 7.24. The van der Waals surface area contributed by atoms with Gasteiger partial charge in [-0.15, -0.1) is 12.4 Å². The van der Waals surface area contributed by atoms with Gasteiger partial charge in [-0.1, -0.05) is 6.07 Å². The summed E-state index contributed by atoms with van der Waals surface area (Å²) >= 11 is 0. The van der Waals surface area contributed by atoms with E-state index in [2.05, 4.69) is 17.1 Å². The monoisotopic (exact) mass is 230 g/mol. The van der Waals surface area contributed by atoms with Crippen molar-refractivity contribution >= 4 is 18.1 Å². The van der Waals surface area contributed by atoms with Crippen LogP contribution < -0.4 is 10.2 Å². The highest BCUT2D eigenvalue weighted by Crippen LogP contribution is 2.18. The zero-order valence-corrected chi connectivity index (χ0v) is 9.56. The lowest BCUT2D eigenvalue weighted by Gasteiger charge is -2.35. The number of hydrogen-bond donors (Lipinski definition) is 1. The van der Waals surface area contributed by atoms with E-state index in [0.717, 1.165) is 25.3 Å². The molecule has 0 aliphatic carbocycles. The van der Waals surface area contributed by atoms with E-state index in [1.165, 1.54) is 6.07 Å². The highest BCUT2D eigenvalue weighted by Gasteiger charge is 2.17. The lowest BCUT2D eigenvalue weighted by Crippen LogP contribution is -2.49. The van der Waals surface area contributed by atoms with Gasteiger partial charge in [-0.05, 0) is 25.1 Å². The third-order valence-electron chi connectivity index (χ3n) is 2.64. The molecule has 1 fully saturated rings. The third-order valence-corrected chi connectivity index (χ3v) is 2.64. The molecule has 1 aliphatic rings. The predicted molar refractivity (Wildman–Crippen MR) is 63.3 cm³/mol. The lowest BCUT2D eigenvalue weighted by molar-refractivity contribution is 0.499. The van der Waals surface area contributed by atoms with Crippen LogP contribution in [-0.4, -0.2) is 25.7 Å². The molecule has 2 rings (SSSR count). The first-order valence-corrected chi connectivity index (χ1v) is 5.00. The Bertz CT molecular complexity index is 319. The van der Waals surface area contributed by atoms with Crippen LogP contribution >= 0.6 is 12.4 Å². The molecule has 0 unspecified atom stereocenters. The minimum atomic E-state index is -0.159. The summed E-state index contributed by atoms with van der Waals surface area (Å²) in [7, 11) is 0. The van der Waals surface area contributed by atoms with Gasteiger partial charge in [-0.25, -0.2) is 4.39 Å². The van der Waals surface area contributed by atoms with Crippen molar-refractivity contribution in [1.29, 1.82) is 0 Å². The van der Waals surface area contributed by atoms with Gasteiger partial charge in [-0.3, -0.25) is 0 Å². The predicted octanol–water partition coefficient (Wildman–Crippen LogP) is 2.05. The van der Waals surface area contributed by atoms with E-state index in [0.29, 0.717) is 6.04 Å². The highest BCUT2D eigenvalue weighted by atomic mass is 35.5. The van der Waals surface area contributed by atoms with E-state index in [1.54, 1.807) is 12.1 Å². The quantitative estimate of drug-likeness (QED) is 0.795. The molecule has 1 heterocycles. The van der Waals surface area contributed by atoms with Crippen LogP contribution in [0.2, 0.25) is 0 Å². The summed E-state index contributed by atoms with van der Waals surface area (Å²) in [5.74, 6) is -0.159. The largest absolute Gasteiger partial charge is 0.366 e. The molecule has 0 saturated carbocycles. The Morgan fingerprint density at radius 3 is 2.93 bits per heavy atom. The fourth-order valence-electron chi connectivity index (χ4n) is 1.88. The Labute approximate surface area is 95.9 Å².